The van der Waals surface area contributed by atoms with E-state index < -0.39 is 0 Å². The summed E-state index contributed by atoms with van der Waals surface area (Å²) in [4.78, 5) is 18.7. The third-order valence-corrected chi connectivity index (χ3v) is 3.56. The number of hydrogen-bond donors (Lipinski definition) is 1. The maximum atomic E-state index is 12.6. The molecule has 0 spiro atoms. The van der Waals surface area contributed by atoms with Gasteiger partial charge in [-0.2, -0.15) is 0 Å². The topological polar surface area (TPSA) is 45.2 Å². The first kappa shape index (κ1) is 14.0. The lowest BCUT2D eigenvalue weighted by molar-refractivity contribution is -0.139. The molecule has 0 aromatic carbocycles. The quantitative estimate of drug-likeness (QED) is 0.883. The molecule has 4 nitrogen and oxygen atoms in total. The van der Waals surface area contributed by atoms with Crippen LogP contribution in [-0.2, 0) is 11.3 Å². The Morgan fingerprint density at radius 3 is 2.74 bits per heavy atom. The molecule has 1 aromatic rings. The highest BCUT2D eigenvalue weighted by atomic mass is 16.2. The minimum Gasteiger partial charge on any atom is -0.336 e. The van der Waals surface area contributed by atoms with Crippen molar-refractivity contribution in [2.75, 3.05) is 13.1 Å². The Hall–Kier alpha value is -1.42. The van der Waals surface area contributed by atoms with Crippen LogP contribution >= 0.6 is 0 Å². The monoisotopic (exact) mass is 261 g/mol. The van der Waals surface area contributed by atoms with E-state index in [4.69, 9.17) is 0 Å². The van der Waals surface area contributed by atoms with Crippen LogP contribution in [0.3, 0.4) is 0 Å². The zero-order valence-corrected chi connectivity index (χ0v) is 12.2. The number of pyridine rings is 1. The van der Waals surface area contributed by atoms with Crippen molar-refractivity contribution in [3.8, 4) is 0 Å². The van der Waals surface area contributed by atoms with Crippen LogP contribution < -0.4 is 5.32 Å². The van der Waals surface area contributed by atoms with Crippen LogP contribution in [0.15, 0.2) is 24.5 Å². The fourth-order valence-corrected chi connectivity index (χ4v) is 2.41. The van der Waals surface area contributed by atoms with Crippen LogP contribution in [0.5, 0.6) is 0 Å². The summed E-state index contributed by atoms with van der Waals surface area (Å²) in [5.41, 5.74) is 0.645. The minimum absolute atomic E-state index is 0.0639. The molecule has 1 aliphatic heterocycles. The van der Waals surface area contributed by atoms with Gasteiger partial charge in [0.05, 0.1) is 5.41 Å². The maximum absolute atomic E-state index is 12.6. The van der Waals surface area contributed by atoms with Gasteiger partial charge in [-0.3, -0.25) is 9.78 Å². The van der Waals surface area contributed by atoms with E-state index in [2.05, 4.69) is 24.1 Å². The molecule has 4 heteroatoms. The van der Waals surface area contributed by atoms with E-state index in [9.17, 15) is 4.79 Å². The number of amides is 1. The zero-order valence-electron chi connectivity index (χ0n) is 12.2. The average molecular weight is 261 g/mol. The van der Waals surface area contributed by atoms with Crippen molar-refractivity contribution in [2.24, 2.45) is 5.41 Å². The lowest BCUT2D eigenvalue weighted by Gasteiger charge is -2.31. The summed E-state index contributed by atoms with van der Waals surface area (Å²) in [6.07, 6.45) is 3.58. The van der Waals surface area contributed by atoms with Gasteiger partial charge in [0.2, 0.25) is 5.91 Å². The zero-order chi connectivity index (χ0) is 14.1. The highest BCUT2D eigenvalue weighted by molar-refractivity contribution is 5.82. The summed E-state index contributed by atoms with van der Waals surface area (Å²) >= 11 is 0. The van der Waals surface area contributed by atoms with Gasteiger partial charge in [-0.25, -0.2) is 0 Å². The van der Waals surface area contributed by atoms with Crippen LogP contribution in [0, 0.1) is 5.41 Å². The number of carbonyl (C=O) groups excluding carboxylic acids is 1. The molecule has 2 rings (SSSR count). The van der Waals surface area contributed by atoms with Crippen molar-refractivity contribution in [1.29, 1.82) is 0 Å². The number of nitrogens with one attached hydrogen (secondary N) is 1. The summed E-state index contributed by atoms with van der Waals surface area (Å²) < 4.78 is 0. The number of aromatic nitrogens is 1. The molecule has 1 N–H and O–H groups in total. The van der Waals surface area contributed by atoms with Crippen LogP contribution in [0.2, 0.25) is 0 Å². The Bertz CT molecular complexity index is 454. The van der Waals surface area contributed by atoms with Crippen LogP contribution in [0.4, 0.5) is 0 Å². The standard InChI is InChI=1S/C15H23N3O/c1-14(2)10-17-15(3,4)11-18(13(14)19)9-12-6-5-7-16-8-12/h5-8,17H,9-11H2,1-4H3. The van der Waals surface area contributed by atoms with E-state index in [1.54, 1.807) is 6.20 Å². The Kier molecular flexibility index (Phi) is 3.63. The van der Waals surface area contributed by atoms with Crippen molar-refractivity contribution in [3.63, 3.8) is 0 Å². The minimum atomic E-state index is -0.365. The molecule has 0 saturated carbocycles. The second-order valence-corrected chi connectivity index (χ2v) is 6.64. The summed E-state index contributed by atoms with van der Waals surface area (Å²) in [6, 6.07) is 3.92. The second-order valence-electron chi connectivity index (χ2n) is 6.64. The number of carbonyl (C=O) groups is 1. The first-order valence-corrected chi connectivity index (χ1v) is 6.73. The molecule has 0 aliphatic carbocycles. The molecule has 1 aromatic heterocycles. The molecule has 104 valence electrons. The lowest BCUT2D eigenvalue weighted by Crippen LogP contribution is -2.46. The number of nitrogens with zero attached hydrogens (tertiary/aromatic N) is 2. The van der Waals surface area contributed by atoms with Gasteiger partial charge in [0, 0.05) is 37.6 Å². The van der Waals surface area contributed by atoms with Crippen molar-refractivity contribution < 1.29 is 4.79 Å². The van der Waals surface area contributed by atoms with Crippen LogP contribution in [-0.4, -0.2) is 34.4 Å². The summed E-state index contributed by atoms with van der Waals surface area (Å²) in [5, 5.41) is 3.48. The first-order valence-electron chi connectivity index (χ1n) is 6.73. The highest BCUT2D eigenvalue weighted by Gasteiger charge is 2.39. The fourth-order valence-electron chi connectivity index (χ4n) is 2.41. The van der Waals surface area contributed by atoms with E-state index in [0.29, 0.717) is 19.6 Å². The van der Waals surface area contributed by atoms with Gasteiger partial charge in [-0.1, -0.05) is 6.07 Å². The Morgan fingerprint density at radius 1 is 1.37 bits per heavy atom. The molecule has 0 unspecified atom stereocenters. The van der Waals surface area contributed by atoms with Crippen molar-refractivity contribution in [3.05, 3.63) is 30.1 Å². The van der Waals surface area contributed by atoms with Gasteiger partial charge in [0.25, 0.3) is 0 Å². The summed E-state index contributed by atoms with van der Waals surface area (Å²) in [5.74, 6) is 0.203. The molecule has 1 fully saturated rings. The average Bonchev–Trinajstić information content (AvgIpc) is 2.42. The predicted molar refractivity (Wildman–Crippen MR) is 75.5 cm³/mol. The van der Waals surface area contributed by atoms with Crippen LogP contribution in [0.25, 0.3) is 0 Å². The van der Waals surface area contributed by atoms with E-state index in [1.165, 1.54) is 0 Å². The van der Waals surface area contributed by atoms with E-state index >= 15 is 0 Å². The highest BCUT2D eigenvalue weighted by Crippen LogP contribution is 2.25. The normalized spacial score (nSPS) is 22.1. The van der Waals surface area contributed by atoms with Gasteiger partial charge >= 0.3 is 0 Å². The SMILES string of the molecule is CC1(C)CN(Cc2cccnc2)C(=O)C(C)(C)CN1. The Balaban J connectivity index is 2.22. The largest absolute Gasteiger partial charge is 0.336 e. The second kappa shape index (κ2) is 4.93. The summed E-state index contributed by atoms with van der Waals surface area (Å²) in [7, 11) is 0. The van der Waals surface area contributed by atoms with Crippen molar-refractivity contribution >= 4 is 5.91 Å². The van der Waals surface area contributed by atoms with Gasteiger partial charge in [0.15, 0.2) is 0 Å². The van der Waals surface area contributed by atoms with E-state index in [-0.39, 0.29) is 16.9 Å². The molecular weight excluding hydrogens is 238 g/mol. The fraction of sp³-hybridized carbons (Fsp3) is 0.600. The summed E-state index contributed by atoms with van der Waals surface area (Å²) in [6.45, 7) is 10.3. The number of rotatable bonds is 2. The van der Waals surface area contributed by atoms with Gasteiger partial charge < -0.3 is 10.2 Å². The van der Waals surface area contributed by atoms with Gasteiger partial charge in [-0.15, -0.1) is 0 Å². The Labute approximate surface area is 115 Å². The molecular formula is C15H23N3O. The number of hydrogen-bond acceptors (Lipinski definition) is 3. The Morgan fingerprint density at radius 2 is 2.11 bits per heavy atom. The molecule has 0 radical (unpaired) electrons. The smallest absolute Gasteiger partial charge is 0.229 e. The van der Waals surface area contributed by atoms with Crippen LogP contribution in [0.1, 0.15) is 33.3 Å². The molecule has 19 heavy (non-hydrogen) atoms. The van der Waals surface area contributed by atoms with E-state index in [1.807, 2.05) is 37.1 Å². The predicted octanol–water partition coefficient (Wildman–Crippen LogP) is 1.82. The van der Waals surface area contributed by atoms with Gasteiger partial charge in [-0.05, 0) is 39.3 Å². The first-order chi connectivity index (χ1) is 8.80. The van der Waals surface area contributed by atoms with E-state index in [0.717, 1.165) is 5.56 Å². The third kappa shape index (κ3) is 3.32. The molecule has 2 heterocycles. The third-order valence-electron chi connectivity index (χ3n) is 3.56. The molecule has 1 aliphatic rings. The lowest BCUT2D eigenvalue weighted by atomic mass is 9.92. The molecule has 0 bridgehead atoms. The van der Waals surface area contributed by atoms with Crippen molar-refractivity contribution in [1.82, 2.24) is 15.2 Å². The van der Waals surface area contributed by atoms with Crippen molar-refractivity contribution in [2.45, 2.75) is 39.8 Å². The molecule has 0 atom stereocenters. The molecule has 1 amide bonds. The van der Waals surface area contributed by atoms with Gasteiger partial charge in [0.1, 0.15) is 0 Å². The maximum Gasteiger partial charge on any atom is 0.229 e. The molecule has 1 saturated heterocycles.